The zero-order valence-corrected chi connectivity index (χ0v) is 13.0. The molecule has 0 heterocycles. The fraction of sp³-hybridized carbons (Fsp3) is 0.278. The molecule has 1 atom stereocenters. The number of nitrogens with zero attached hydrogens (tertiary/aromatic N) is 1. The first-order chi connectivity index (χ1) is 10.7. The van der Waals surface area contributed by atoms with Crippen LogP contribution in [0.3, 0.4) is 0 Å². The zero-order chi connectivity index (χ0) is 15.8. The summed E-state index contributed by atoms with van der Waals surface area (Å²) in [6.45, 7) is 1.35. The molecule has 4 nitrogen and oxygen atoms in total. The van der Waals surface area contributed by atoms with Crippen molar-refractivity contribution in [3.8, 4) is 0 Å². The van der Waals surface area contributed by atoms with Gasteiger partial charge in [0, 0.05) is 18.8 Å². The number of methoxy groups -OCH3 is 1. The highest BCUT2D eigenvalue weighted by Gasteiger charge is 2.20. The summed E-state index contributed by atoms with van der Waals surface area (Å²) in [6, 6.07) is 19.5. The van der Waals surface area contributed by atoms with Crippen LogP contribution >= 0.6 is 0 Å². The highest BCUT2D eigenvalue weighted by molar-refractivity contribution is 5.79. The molecule has 0 aliphatic rings. The van der Waals surface area contributed by atoms with Crippen LogP contribution < -0.4 is 5.32 Å². The number of rotatable bonds is 7. The van der Waals surface area contributed by atoms with Crippen LogP contribution in [0.15, 0.2) is 60.7 Å². The quantitative estimate of drug-likeness (QED) is 0.798. The Morgan fingerprint density at radius 1 is 1.09 bits per heavy atom. The maximum Gasteiger partial charge on any atom is 0.329 e. The van der Waals surface area contributed by atoms with E-state index in [1.54, 1.807) is 0 Å². The average molecular weight is 298 g/mol. The van der Waals surface area contributed by atoms with E-state index in [4.69, 9.17) is 4.74 Å². The maximum absolute atomic E-state index is 12.0. The van der Waals surface area contributed by atoms with Gasteiger partial charge in [-0.25, -0.2) is 4.79 Å². The summed E-state index contributed by atoms with van der Waals surface area (Å²) in [5.41, 5.74) is 2.12. The number of likely N-dealkylation sites (N-methyl/N-ethyl adjacent to an activating group) is 1. The van der Waals surface area contributed by atoms with Crippen LogP contribution in [0.4, 0.5) is 5.69 Å². The summed E-state index contributed by atoms with van der Waals surface area (Å²) in [5, 5.41) is 3.23. The van der Waals surface area contributed by atoms with Gasteiger partial charge in [-0.15, -0.1) is 0 Å². The Morgan fingerprint density at radius 2 is 1.68 bits per heavy atom. The SMILES string of the molecule is COC(=O)[C@H](CN(C)Cc1ccccc1)Nc1ccccc1. The van der Waals surface area contributed by atoms with Crippen molar-refractivity contribution in [3.05, 3.63) is 66.2 Å². The summed E-state index contributed by atoms with van der Waals surface area (Å²) in [7, 11) is 3.41. The molecule has 2 rings (SSSR count). The number of carbonyl (C=O) groups is 1. The lowest BCUT2D eigenvalue weighted by atomic mass is 10.2. The molecule has 0 aliphatic carbocycles. The van der Waals surface area contributed by atoms with E-state index in [2.05, 4.69) is 22.3 Å². The first kappa shape index (κ1) is 16.0. The predicted molar refractivity (Wildman–Crippen MR) is 88.6 cm³/mol. The van der Waals surface area contributed by atoms with E-state index in [1.165, 1.54) is 12.7 Å². The number of esters is 1. The van der Waals surface area contributed by atoms with Crippen molar-refractivity contribution < 1.29 is 9.53 Å². The Morgan fingerprint density at radius 3 is 2.27 bits per heavy atom. The van der Waals surface area contributed by atoms with Crippen molar-refractivity contribution >= 4 is 11.7 Å². The maximum atomic E-state index is 12.0. The van der Waals surface area contributed by atoms with Crippen LogP contribution in [0.2, 0.25) is 0 Å². The minimum Gasteiger partial charge on any atom is -0.467 e. The van der Waals surface area contributed by atoms with Crippen LogP contribution in [-0.2, 0) is 16.1 Å². The smallest absolute Gasteiger partial charge is 0.329 e. The molecule has 4 heteroatoms. The third-order valence-electron chi connectivity index (χ3n) is 3.39. The second-order valence-corrected chi connectivity index (χ2v) is 5.27. The fourth-order valence-electron chi connectivity index (χ4n) is 2.33. The first-order valence-electron chi connectivity index (χ1n) is 7.31. The molecule has 0 radical (unpaired) electrons. The number of hydrogen-bond acceptors (Lipinski definition) is 4. The van der Waals surface area contributed by atoms with Crippen molar-refractivity contribution in [3.63, 3.8) is 0 Å². The highest BCUT2D eigenvalue weighted by atomic mass is 16.5. The molecule has 116 valence electrons. The minimum atomic E-state index is -0.402. The van der Waals surface area contributed by atoms with E-state index in [0.717, 1.165) is 12.2 Å². The third kappa shape index (κ3) is 4.90. The number of hydrogen-bond donors (Lipinski definition) is 1. The normalized spacial score (nSPS) is 12.0. The van der Waals surface area contributed by atoms with Crippen LogP contribution in [-0.4, -0.2) is 37.6 Å². The summed E-state index contributed by atoms with van der Waals surface area (Å²) < 4.78 is 4.91. The Hall–Kier alpha value is -2.33. The van der Waals surface area contributed by atoms with Gasteiger partial charge in [0.05, 0.1) is 7.11 Å². The van der Waals surface area contributed by atoms with E-state index in [-0.39, 0.29) is 5.97 Å². The molecule has 2 aromatic carbocycles. The summed E-state index contributed by atoms with van der Waals surface area (Å²) >= 11 is 0. The van der Waals surface area contributed by atoms with Crippen molar-refractivity contribution in [2.75, 3.05) is 26.0 Å². The molecule has 1 N–H and O–H groups in total. The fourth-order valence-corrected chi connectivity index (χ4v) is 2.33. The molecule has 0 aliphatic heterocycles. The molecule has 0 saturated heterocycles. The monoisotopic (exact) mass is 298 g/mol. The number of benzene rings is 2. The topological polar surface area (TPSA) is 41.6 Å². The number of ether oxygens (including phenoxy) is 1. The van der Waals surface area contributed by atoms with Crippen molar-refractivity contribution in [2.45, 2.75) is 12.6 Å². The van der Waals surface area contributed by atoms with Crippen LogP contribution in [0.1, 0.15) is 5.56 Å². The standard InChI is InChI=1S/C18H22N2O2/c1-20(13-15-9-5-3-6-10-15)14-17(18(21)22-2)19-16-11-7-4-8-12-16/h3-12,17,19H,13-14H2,1-2H3/t17-/m0/s1. The lowest BCUT2D eigenvalue weighted by Crippen LogP contribution is -2.40. The second-order valence-electron chi connectivity index (χ2n) is 5.27. The van der Waals surface area contributed by atoms with Crippen LogP contribution in [0, 0.1) is 0 Å². The number of carbonyl (C=O) groups excluding carboxylic acids is 1. The van der Waals surface area contributed by atoms with E-state index in [9.17, 15) is 4.79 Å². The first-order valence-corrected chi connectivity index (χ1v) is 7.31. The second kappa shape index (κ2) is 8.20. The van der Waals surface area contributed by atoms with Gasteiger partial charge in [-0.2, -0.15) is 0 Å². The van der Waals surface area contributed by atoms with Crippen LogP contribution in [0.5, 0.6) is 0 Å². The number of nitrogens with one attached hydrogen (secondary N) is 1. The lowest BCUT2D eigenvalue weighted by molar-refractivity contribution is -0.141. The molecule has 2 aromatic rings. The molecule has 0 fully saturated rings. The van der Waals surface area contributed by atoms with E-state index in [1.807, 2.05) is 55.6 Å². The van der Waals surface area contributed by atoms with E-state index < -0.39 is 6.04 Å². The largest absolute Gasteiger partial charge is 0.467 e. The molecular formula is C18H22N2O2. The molecule has 0 aromatic heterocycles. The Labute approximate surface area is 131 Å². The van der Waals surface area contributed by atoms with Crippen molar-refractivity contribution in [1.29, 1.82) is 0 Å². The molecule has 0 spiro atoms. The van der Waals surface area contributed by atoms with Gasteiger partial charge in [0.2, 0.25) is 0 Å². The summed E-state index contributed by atoms with van der Waals surface area (Å²) in [4.78, 5) is 14.1. The van der Waals surface area contributed by atoms with Crippen molar-refractivity contribution in [1.82, 2.24) is 4.90 Å². The minimum absolute atomic E-state index is 0.260. The van der Waals surface area contributed by atoms with Gasteiger partial charge in [-0.05, 0) is 24.7 Å². The molecule has 0 amide bonds. The van der Waals surface area contributed by atoms with E-state index >= 15 is 0 Å². The average Bonchev–Trinajstić information content (AvgIpc) is 2.55. The van der Waals surface area contributed by atoms with Crippen molar-refractivity contribution in [2.24, 2.45) is 0 Å². The highest BCUT2D eigenvalue weighted by Crippen LogP contribution is 2.10. The molecule has 0 unspecified atom stereocenters. The Balaban J connectivity index is 1.98. The summed E-state index contributed by atoms with van der Waals surface area (Å²) in [5.74, 6) is -0.260. The van der Waals surface area contributed by atoms with Gasteiger partial charge in [-0.3, -0.25) is 4.90 Å². The van der Waals surface area contributed by atoms with Gasteiger partial charge in [0.25, 0.3) is 0 Å². The molecular weight excluding hydrogens is 276 g/mol. The Bertz CT molecular complexity index is 572. The number of anilines is 1. The summed E-state index contributed by atoms with van der Waals surface area (Å²) in [6.07, 6.45) is 0. The number of para-hydroxylation sites is 1. The van der Waals surface area contributed by atoms with Gasteiger partial charge in [0.15, 0.2) is 0 Å². The van der Waals surface area contributed by atoms with Gasteiger partial charge in [0.1, 0.15) is 6.04 Å². The lowest BCUT2D eigenvalue weighted by Gasteiger charge is -2.24. The zero-order valence-electron chi connectivity index (χ0n) is 13.0. The van der Waals surface area contributed by atoms with Gasteiger partial charge < -0.3 is 10.1 Å². The van der Waals surface area contributed by atoms with Crippen LogP contribution in [0.25, 0.3) is 0 Å². The van der Waals surface area contributed by atoms with Gasteiger partial charge in [-0.1, -0.05) is 48.5 Å². The molecule has 0 saturated carbocycles. The van der Waals surface area contributed by atoms with Gasteiger partial charge >= 0.3 is 5.97 Å². The molecule has 0 bridgehead atoms. The molecule has 22 heavy (non-hydrogen) atoms. The Kier molecular flexibility index (Phi) is 5.98. The predicted octanol–water partition coefficient (Wildman–Crippen LogP) is 2.77. The van der Waals surface area contributed by atoms with E-state index in [0.29, 0.717) is 6.54 Å². The third-order valence-corrected chi connectivity index (χ3v) is 3.39.